The van der Waals surface area contributed by atoms with Crippen LogP contribution in [-0.4, -0.2) is 50.0 Å². The maximum Gasteiger partial charge on any atom is 0.0480 e. The number of hydrogen-bond acceptors (Lipinski definition) is 4. The van der Waals surface area contributed by atoms with Gasteiger partial charge in [0, 0.05) is 50.0 Å². The van der Waals surface area contributed by atoms with Crippen LogP contribution < -0.4 is 5.32 Å². The predicted molar refractivity (Wildman–Crippen MR) is 68.1 cm³/mol. The summed E-state index contributed by atoms with van der Waals surface area (Å²) in [5.74, 6) is 1.24. The number of hydrogen-bond donors (Lipinski definition) is 1. The lowest BCUT2D eigenvalue weighted by Crippen LogP contribution is -2.36. The van der Waals surface area contributed by atoms with Crippen molar-refractivity contribution in [3.63, 3.8) is 0 Å². The molecule has 0 aromatic rings. The molecule has 0 saturated carbocycles. The molecule has 0 radical (unpaired) electrons. The molecule has 4 heteroatoms. The maximum atomic E-state index is 5.36. The first kappa shape index (κ1) is 12.7. The minimum Gasteiger partial charge on any atom is -0.381 e. The van der Waals surface area contributed by atoms with Crippen LogP contribution in [0.5, 0.6) is 0 Å². The lowest BCUT2D eigenvalue weighted by Gasteiger charge is -2.24. The first-order chi connectivity index (χ1) is 7.95. The largest absolute Gasteiger partial charge is 0.381 e. The molecule has 0 aromatic heterocycles. The average molecular weight is 245 g/mol. The fourth-order valence-corrected chi connectivity index (χ4v) is 3.33. The van der Waals surface area contributed by atoms with Gasteiger partial charge in [-0.25, -0.2) is 0 Å². The molecular weight excluding hydrogens is 222 g/mol. The number of ether oxygens (including phenoxy) is 2. The normalized spacial score (nSPS) is 24.8. The van der Waals surface area contributed by atoms with Gasteiger partial charge in [-0.2, -0.15) is 11.8 Å². The van der Waals surface area contributed by atoms with Crippen LogP contribution in [-0.2, 0) is 9.47 Å². The summed E-state index contributed by atoms with van der Waals surface area (Å²) in [6.45, 7) is 4.94. The first-order valence-electron chi connectivity index (χ1n) is 6.45. The van der Waals surface area contributed by atoms with Crippen LogP contribution in [0.1, 0.15) is 25.7 Å². The zero-order valence-corrected chi connectivity index (χ0v) is 10.8. The molecule has 2 rings (SSSR count). The summed E-state index contributed by atoms with van der Waals surface area (Å²) < 4.78 is 10.7. The summed E-state index contributed by atoms with van der Waals surface area (Å²) >= 11 is 2.11. The van der Waals surface area contributed by atoms with Crippen molar-refractivity contribution < 1.29 is 9.47 Å². The van der Waals surface area contributed by atoms with Gasteiger partial charge in [0.15, 0.2) is 0 Å². The van der Waals surface area contributed by atoms with Crippen LogP contribution in [0.25, 0.3) is 0 Å². The molecule has 0 bridgehead atoms. The molecule has 1 N–H and O–H groups in total. The fourth-order valence-electron chi connectivity index (χ4n) is 2.23. The van der Waals surface area contributed by atoms with Crippen molar-refractivity contribution in [3.05, 3.63) is 0 Å². The molecule has 2 fully saturated rings. The highest BCUT2D eigenvalue weighted by molar-refractivity contribution is 7.99. The lowest BCUT2D eigenvalue weighted by molar-refractivity contribution is 0.0785. The molecule has 94 valence electrons. The number of rotatable bonds is 5. The molecule has 0 spiro atoms. The Bertz CT molecular complexity index is 160. The topological polar surface area (TPSA) is 30.5 Å². The fraction of sp³-hybridized carbons (Fsp3) is 1.00. The molecule has 2 heterocycles. The van der Waals surface area contributed by atoms with E-state index < -0.39 is 0 Å². The van der Waals surface area contributed by atoms with E-state index in [-0.39, 0.29) is 0 Å². The van der Waals surface area contributed by atoms with Crippen LogP contribution in [0.15, 0.2) is 0 Å². The van der Waals surface area contributed by atoms with Crippen molar-refractivity contribution in [1.82, 2.24) is 5.32 Å². The Morgan fingerprint density at radius 2 is 1.56 bits per heavy atom. The molecule has 3 nitrogen and oxygen atoms in total. The van der Waals surface area contributed by atoms with Gasteiger partial charge in [-0.1, -0.05) is 0 Å². The van der Waals surface area contributed by atoms with Gasteiger partial charge in [0.1, 0.15) is 0 Å². The smallest absolute Gasteiger partial charge is 0.0480 e. The molecule has 0 aromatic carbocycles. The Morgan fingerprint density at radius 1 is 0.938 bits per heavy atom. The molecule has 2 aliphatic rings. The SMILES string of the molecule is C(CSC1CCOCC1)NC1CCOCC1. The van der Waals surface area contributed by atoms with Crippen molar-refractivity contribution in [2.75, 3.05) is 38.7 Å². The molecule has 0 aliphatic carbocycles. The second-order valence-electron chi connectivity index (χ2n) is 4.52. The molecule has 0 amide bonds. The Kier molecular flexibility index (Phi) is 5.97. The van der Waals surface area contributed by atoms with E-state index in [2.05, 4.69) is 17.1 Å². The molecule has 0 atom stereocenters. The highest BCUT2D eigenvalue weighted by Crippen LogP contribution is 2.21. The Balaban J connectivity index is 1.47. The average Bonchev–Trinajstić information content (AvgIpc) is 2.37. The monoisotopic (exact) mass is 245 g/mol. The summed E-state index contributed by atoms with van der Waals surface area (Å²) in [4.78, 5) is 0. The van der Waals surface area contributed by atoms with Gasteiger partial charge in [0.25, 0.3) is 0 Å². The standard InChI is InChI=1S/C12H23NO2S/c1-6-14-7-2-11(1)13-5-10-16-12-3-8-15-9-4-12/h11-13H,1-10H2. The van der Waals surface area contributed by atoms with Crippen molar-refractivity contribution in [1.29, 1.82) is 0 Å². The second-order valence-corrected chi connectivity index (χ2v) is 5.93. The minimum absolute atomic E-state index is 0.698. The summed E-state index contributed by atoms with van der Waals surface area (Å²) in [5.41, 5.74) is 0. The van der Waals surface area contributed by atoms with Gasteiger partial charge in [-0.05, 0) is 25.7 Å². The molecule has 2 aliphatic heterocycles. The third kappa shape index (κ3) is 4.62. The third-order valence-corrected chi connectivity index (χ3v) is 4.66. The summed E-state index contributed by atoms with van der Waals surface area (Å²) in [6, 6.07) is 0.698. The van der Waals surface area contributed by atoms with E-state index in [1.54, 1.807) is 0 Å². The zero-order valence-electron chi connectivity index (χ0n) is 9.95. The third-order valence-electron chi connectivity index (χ3n) is 3.28. The zero-order chi connectivity index (χ0) is 11.1. The Hall–Kier alpha value is 0.230. The van der Waals surface area contributed by atoms with Crippen LogP contribution in [0, 0.1) is 0 Å². The van der Waals surface area contributed by atoms with Gasteiger partial charge in [-0.3, -0.25) is 0 Å². The van der Waals surface area contributed by atoms with Crippen LogP contribution >= 0.6 is 11.8 Å². The van der Waals surface area contributed by atoms with E-state index in [1.165, 1.54) is 31.4 Å². The minimum atomic E-state index is 0.698. The number of thioether (sulfide) groups is 1. The molecule has 0 unspecified atom stereocenters. The highest BCUT2D eigenvalue weighted by atomic mass is 32.2. The highest BCUT2D eigenvalue weighted by Gasteiger charge is 2.15. The van der Waals surface area contributed by atoms with Gasteiger partial charge in [0.2, 0.25) is 0 Å². The Labute approximate surface area is 103 Å². The van der Waals surface area contributed by atoms with E-state index in [1.807, 2.05) is 0 Å². The van der Waals surface area contributed by atoms with Gasteiger partial charge >= 0.3 is 0 Å². The summed E-state index contributed by atoms with van der Waals surface area (Å²) in [7, 11) is 0. The van der Waals surface area contributed by atoms with E-state index in [0.29, 0.717) is 6.04 Å². The molecule has 16 heavy (non-hydrogen) atoms. The van der Waals surface area contributed by atoms with Crippen molar-refractivity contribution in [3.8, 4) is 0 Å². The van der Waals surface area contributed by atoms with Crippen molar-refractivity contribution >= 4 is 11.8 Å². The van der Waals surface area contributed by atoms with Gasteiger partial charge < -0.3 is 14.8 Å². The van der Waals surface area contributed by atoms with E-state index in [4.69, 9.17) is 9.47 Å². The molecule has 2 saturated heterocycles. The summed E-state index contributed by atoms with van der Waals surface area (Å²) in [5, 5.41) is 4.47. The van der Waals surface area contributed by atoms with Crippen LogP contribution in [0.3, 0.4) is 0 Å². The number of nitrogens with one attached hydrogen (secondary N) is 1. The first-order valence-corrected chi connectivity index (χ1v) is 7.50. The second kappa shape index (κ2) is 7.54. The van der Waals surface area contributed by atoms with Crippen molar-refractivity contribution in [2.24, 2.45) is 0 Å². The van der Waals surface area contributed by atoms with Crippen LogP contribution in [0.2, 0.25) is 0 Å². The van der Waals surface area contributed by atoms with Crippen LogP contribution in [0.4, 0.5) is 0 Å². The predicted octanol–water partition coefficient (Wildman–Crippen LogP) is 1.67. The van der Waals surface area contributed by atoms with E-state index >= 15 is 0 Å². The van der Waals surface area contributed by atoms with E-state index in [9.17, 15) is 0 Å². The molecular formula is C12H23NO2S. The summed E-state index contributed by atoms with van der Waals surface area (Å²) in [6.07, 6.45) is 4.84. The quantitative estimate of drug-likeness (QED) is 0.746. The van der Waals surface area contributed by atoms with E-state index in [0.717, 1.165) is 38.2 Å². The van der Waals surface area contributed by atoms with Gasteiger partial charge in [-0.15, -0.1) is 0 Å². The Morgan fingerprint density at radius 3 is 2.25 bits per heavy atom. The van der Waals surface area contributed by atoms with Gasteiger partial charge in [0.05, 0.1) is 0 Å². The maximum absolute atomic E-state index is 5.36. The lowest BCUT2D eigenvalue weighted by atomic mass is 10.1. The van der Waals surface area contributed by atoms with Crippen molar-refractivity contribution in [2.45, 2.75) is 37.0 Å².